The first kappa shape index (κ1) is 14.2. The van der Waals surface area contributed by atoms with Gasteiger partial charge in [-0.2, -0.15) is 0 Å². The number of nitrogens with zero attached hydrogens (tertiary/aromatic N) is 2. The average Bonchev–Trinajstić information content (AvgIpc) is 2.46. The van der Waals surface area contributed by atoms with Gasteiger partial charge in [-0.1, -0.05) is 23.7 Å². The van der Waals surface area contributed by atoms with Gasteiger partial charge in [0.2, 0.25) is 0 Å². The summed E-state index contributed by atoms with van der Waals surface area (Å²) in [5, 5.41) is 0.715. The van der Waals surface area contributed by atoms with Crippen molar-refractivity contribution in [1.29, 1.82) is 0 Å². The Bertz CT molecular complexity index is 529. The molecule has 0 aliphatic rings. The van der Waals surface area contributed by atoms with Crippen molar-refractivity contribution in [3.05, 3.63) is 58.9 Å². The number of benzene rings is 1. The van der Waals surface area contributed by atoms with Gasteiger partial charge in [-0.15, -0.1) is 11.6 Å². The van der Waals surface area contributed by atoms with Crippen LogP contribution in [0.15, 0.2) is 42.6 Å². The van der Waals surface area contributed by atoms with Gasteiger partial charge in [0.25, 0.3) is 0 Å². The molecule has 0 fully saturated rings. The average molecular weight is 295 g/mol. The normalized spacial score (nSPS) is 10.5. The first-order chi connectivity index (χ1) is 9.24. The van der Waals surface area contributed by atoms with E-state index in [1.807, 2.05) is 36.5 Å². The van der Waals surface area contributed by atoms with Crippen molar-refractivity contribution in [3.8, 4) is 0 Å². The lowest BCUT2D eigenvalue weighted by Crippen LogP contribution is -2.22. The summed E-state index contributed by atoms with van der Waals surface area (Å²) in [5.74, 6) is 0.436. The Morgan fingerprint density at radius 3 is 2.63 bits per heavy atom. The van der Waals surface area contributed by atoms with Gasteiger partial charge in [-0.25, -0.2) is 0 Å². The molecule has 0 unspecified atom stereocenters. The van der Waals surface area contributed by atoms with Crippen LogP contribution in [0.4, 0.5) is 5.69 Å². The molecule has 1 aromatic carbocycles. The van der Waals surface area contributed by atoms with Crippen molar-refractivity contribution in [2.45, 2.75) is 19.3 Å². The molecule has 100 valence electrons. The van der Waals surface area contributed by atoms with Gasteiger partial charge in [0.05, 0.1) is 12.2 Å². The van der Waals surface area contributed by atoms with Gasteiger partial charge >= 0.3 is 0 Å². The molecule has 0 aliphatic heterocycles. The first-order valence-electron chi connectivity index (χ1n) is 6.24. The minimum atomic E-state index is 0.436. The maximum atomic E-state index is 6.21. The van der Waals surface area contributed by atoms with Crippen LogP contribution in [0, 0.1) is 0 Å². The summed E-state index contributed by atoms with van der Waals surface area (Å²) < 4.78 is 0. The SMILES string of the molecule is CCN(Cc1ccccn1)c1ccc(CCl)c(Cl)c1. The number of hydrogen-bond acceptors (Lipinski definition) is 2. The Hall–Kier alpha value is -1.25. The third-order valence-corrected chi connectivity index (χ3v) is 3.65. The summed E-state index contributed by atoms with van der Waals surface area (Å²) >= 11 is 12.0. The number of rotatable bonds is 5. The molecular weight excluding hydrogens is 279 g/mol. The highest BCUT2D eigenvalue weighted by Crippen LogP contribution is 2.25. The van der Waals surface area contributed by atoms with Crippen LogP contribution in [0.5, 0.6) is 0 Å². The molecule has 2 rings (SSSR count). The standard InChI is InChI=1S/C15H16Cl2N2/c1-2-19(11-13-5-3-4-8-18-13)14-7-6-12(10-16)15(17)9-14/h3-9H,2,10-11H2,1H3. The van der Waals surface area contributed by atoms with E-state index in [1.165, 1.54) is 0 Å². The molecule has 4 heteroatoms. The molecule has 0 N–H and O–H groups in total. The van der Waals surface area contributed by atoms with Gasteiger partial charge in [-0.05, 0) is 36.8 Å². The molecule has 2 aromatic rings. The molecule has 0 atom stereocenters. The van der Waals surface area contributed by atoms with Gasteiger partial charge in [-0.3, -0.25) is 4.98 Å². The number of alkyl halides is 1. The lowest BCUT2D eigenvalue weighted by Gasteiger charge is -2.23. The molecule has 0 bridgehead atoms. The zero-order valence-electron chi connectivity index (χ0n) is 10.8. The van der Waals surface area contributed by atoms with Gasteiger partial charge in [0.15, 0.2) is 0 Å². The number of anilines is 1. The summed E-state index contributed by atoms with van der Waals surface area (Å²) in [6.45, 7) is 3.79. The van der Waals surface area contributed by atoms with E-state index >= 15 is 0 Å². The maximum Gasteiger partial charge on any atom is 0.0601 e. The molecule has 0 saturated carbocycles. The predicted octanol–water partition coefficient (Wildman–Crippen LogP) is 4.50. The lowest BCUT2D eigenvalue weighted by molar-refractivity contribution is 0.809. The van der Waals surface area contributed by atoms with Crippen LogP contribution in [0.3, 0.4) is 0 Å². The maximum absolute atomic E-state index is 6.21. The quantitative estimate of drug-likeness (QED) is 0.755. The Labute approximate surface area is 124 Å². The Balaban J connectivity index is 2.20. The molecule has 0 radical (unpaired) electrons. The Morgan fingerprint density at radius 1 is 1.21 bits per heavy atom. The highest BCUT2D eigenvalue weighted by atomic mass is 35.5. The molecule has 2 nitrogen and oxygen atoms in total. The summed E-state index contributed by atoms with van der Waals surface area (Å²) in [5.41, 5.74) is 3.09. The minimum absolute atomic E-state index is 0.436. The van der Waals surface area contributed by atoms with Crippen molar-refractivity contribution < 1.29 is 0 Å². The second-order valence-electron chi connectivity index (χ2n) is 4.24. The van der Waals surface area contributed by atoms with E-state index < -0.39 is 0 Å². The molecule has 1 aromatic heterocycles. The van der Waals surface area contributed by atoms with Gasteiger partial charge in [0, 0.05) is 29.3 Å². The molecule has 19 heavy (non-hydrogen) atoms. The monoisotopic (exact) mass is 294 g/mol. The van der Waals surface area contributed by atoms with E-state index in [-0.39, 0.29) is 0 Å². The topological polar surface area (TPSA) is 16.1 Å². The third kappa shape index (κ3) is 3.62. The van der Waals surface area contributed by atoms with E-state index in [2.05, 4.69) is 22.9 Å². The second-order valence-corrected chi connectivity index (χ2v) is 4.92. The summed E-state index contributed by atoms with van der Waals surface area (Å²) in [6.07, 6.45) is 1.81. The first-order valence-corrected chi connectivity index (χ1v) is 7.15. The van der Waals surface area contributed by atoms with Crippen molar-refractivity contribution in [3.63, 3.8) is 0 Å². The van der Waals surface area contributed by atoms with Crippen LogP contribution in [0.25, 0.3) is 0 Å². The van der Waals surface area contributed by atoms with Gasteiger partial charge in [0.1, 0.15) is 0 Å². The van der Waals surface area contributed by atoms with Crippen LogP contribution in [-0.4, -0.2) is 11.5 Å². The van der Waals surface area contributed by atoms with Crippen LogP contribution in [0.2, 0.25) is 5.02 Å². The van der Waals surface area contributed by atoms with Crippen molar-refractivity contribution in [2.24, 2.45) is 0 Å². The van der Waals surface area contributed by atoms with E-state index in [0.29, 0.717) is 10.9 Å². The fourth-order valence-electron chi connectivity index (χ4n) is 1.91. The van der Waals surface area contributed by atoms with E-state index in [9.17, 15) is 0 Å². The van der Waals surface area contributed by atoms with Crippen molar-refractivity contribution in [2.75, 3.05) is 11.4 Å². The number of aromatic nitrogens is 1. The third-order valence-electron chi connectivity index (χ3n) is 3.01. The highest BCUT2D eigenvalue weighted by Gasteiger charge is 2.08. The van der Waals surface area contributed by atoms with Crippen LogP contribution < -0.4 is 4.90 Å². The molecule has 0 aliphatic carbocycles. The van der Waals surface area contributed by atoms with Crippen LogP contribution in [0.1, 0.15) is 18.2 Å². The van der Waals surface area contributed by atoms with Crippen LogP contribution in [-0.2, 0) is 12.4 Å². The summed E-state index contributed by atoms with van der Waals surface area (Å²) in [6, 6.07) is 11.9. The number of hydrogen-bond donors (Lipinski definition) is 0. The fraction of sp³-hybridized carbons (Fsp3) is 0.267. The Morgan fingerprint density at radius 2 is 2.05 bits per heavy atom. The minimum Gasteiger partial charge on any atom is -0.366 e. The highest BCUT2D eigenvalue weighted by molar-refractivity contribution is 6.32. The molecule has 0 saturated heterocycles. The smallest absolute Gasteiger partial charge is 0.0601 e. The molecule has 0 spiro atoms. The lowest BCUT2D eigenvalue weighted by atomic mass is 10.2. The zero-order valence-corrected chi connectivity index (χ0v) is 12.3. The molecule has 1 heterocycles. The van der Waals surface area contributed by atoms with Crippen molar-refractivity contribution in [1.82, 2.24) is 4.98 Å². The van der Waals surface area contributed by atoms with E-state index in [4.69, 9.17) is 23.2 Å². The molecular formula is C15H16Cl2N2. The zero-order chi connectivity index (χ0) is 13.7. The fourth-order valence-corrected chi connectivity index (χ4v) is 2.46. The van der Waals surface area contributed by atoms with Crippen molar-refractivity contribution >= 4 is 28.9 Å². The van der Waals surface area contributed by atoms with Crippen LogP contribution >= 0.6 is 23.2 Å². The molecule has 0 amide bonds. The van der Waals surface area contributed by atoms with E-state index in [0.717, 1.165) is 30.0 Å². The van der Waals surface area contributed by atoms with E-state index in [1.54, 1.807) is 0 Å². The summed E-state index contributed by atoms with van der Waals surface area (Å²) in [4.78, 5) is 6.58. The predicted molar refractivity (Wildman–Crippen MR) is 82.0 cm³/mol. The van der Waals surface area contributed by atoms with Gasteiger partial charge < -0.3 is 4.90 Å². The Kier molecular flexibility index (Phi) is 5.06. The number of halogens is 2. The largest absolute Gasteiger partial charge is 0.366 e. The summed E-state index contributed by atoms with van der Waals surface area (Å²) in [7, 11) is 0. The number of pyridine rings is 1. The second kappa shape index (κ2) is 6.78.